The van der Waals surface area contributed by atoms with Gasteiger partial charge in [-0.2, -0.15) is 0 Å². The van der Waals surface area contributed by atoms with E-state index in [9.17, 15) is 29.7 Å². The van der Waals surface area contributed by atoms with Gasteiger partial charge in [0.25, 0.3) is 0 Å². The maximum atomic E-state index is 13.1. The van der Waals surface area contributed by atoms with Crippen molar-refractivity contribution in [2.45, 2.75) is 25.9 Å². The number of ether oxygens (including phenoxy) is 1. The Morgan fingerprint density at radius 2 is 1.75 bits per heavy atom. The minimum absolute atomic E-state index is 0.00376. The zero-order valence-corrected chi connectivity index (χ0v) is 15.3. The Balaban J connectivity index is 2.02. The molecule has 4 rings (SSSR count). The van der Waals surface area contributed by atoms with Gasteiger partial charge in [-0.25, -0.2) is 0 Å². The molecular formula is C21H18O7. The standard InChI is InChI=1S/C21H18O7/c1-8(22)9-6-11-14(12(23)7-9)20(26)17-16(19(11)25)18(24)10-4-3-5-13(28-2)15(10)21(17)27/h3-5,9,12,23,25-26H,6-7H2,1-2H3/t9-,12+/m1/s1. The number of aliphatic hydroxyl groups is 1. The Morgan fingerprint density at radius 1 is 1.07 bits per heavy atom. The van der Waals surface area contributed by atoms with E-state index in [0.29, 0.717) is 0 Å². The highest BCUT2D eigenvalue weighted by atomic mass is 16.5. The van der Waals surface area contributed by atoms with E-state index in [-0.39, 0.29) is 57.8 Å². The molecule has 0 heterocycles. The molecule has 0 amide bonds. The predicted octanol–water partition coefficient (Wildman–Crippen LogP) is 2.07. The first kappa shape index (κ1) is 18.2. The van der Waals surface area contributed by atoms with Crippen molar-refractivity contribution < 1.29 is 34.4 Å². The Kier molecular flexibility index (Phi) is 4.01. The summed E-state index contributed by atoms with van der Waals surface area (Å²) in [6.45, 7) is 1.38. The maximum absolute atomic E-state index is 13.1. The van der Waals surface area contributed by atoms with Crippen LogP contribution in [0.5, 0.6) is 17.2 Å². The summed E-state index contributed by atoms with van der Waals surface area (Å²) in [6.07, 6.45) is -1.10. The van der Waals surface area contributed by atoms with Gasteiger partial charge in [-0.1, -0.05) is 12.1 Å². The number of methoxy groups -OCH3 is 1. The van der Waals surface area contributed by atoms with E-state index in [1.807, 2.05) is 0 Å². The van der Waals surface area contributed by atoms with Gasteiger partial charge in [-0.15, -0.1) is 0 Å². The second-order valence-electron chi connectivity index (χ2n) is 7.14. The second-order valence-corrected chi connectivity index (χ2v) is 7.14. The minimum atomic E-state index is -1.24. The molecule has 7 heteroatoms. The van der Waals surface area contributed by atoms with Crippen molar-refractivity contribution >= 4 is 17.3 Å². The number of phenolic OH excluding ortho intramolecular Hbond substituents is 2. The molecule has 0 radical (unpaired) electrons. The topological polar surface area (TPSA) is 121 Å². The summed E-state index contributed by atoms with van der Waals surface area (Å²) in [5, 5.41) is 32.1. The molecular weight excluding hydrogens is 364 g/mol. The number of carbonyl (C=O) groups excluding carboxylic acids is 3. The van der Waals surface area contributed by atoms with Crippen LogP contribution < -0.4 is 4.74 Å². The van der Waals surface area contributed by atoms with Crippen LogP contribution in [0.4, 0.5) is 0 Å². The van der Waals surface area contributed by atoms with E-state index in [0.717, 1.165) is 0 Å². The summed E-state index contributed by atoms with van der Waals surface area (Å²) in [5.74, 6) is -2.84. The quantitative estimate of drug-likeness (QED) is 0.580. The first-order valence-corrected chi connectivity index (χ1v) is 8.83. The van der Waals surface area contributed by atoms with Crippen LogP contribution in [0, 0.1) is 5.92 Å². The van der Waals surface area contributed by atoms with Gasteiger partial charge < -0.3 is 20.1 Å². The van der Waals surface area contributed by atoms with Crippen LogP contribution in [0.15, 0.2) is 18.2 Å². The molecule has 0 aromatic heterocycles. The van der Waals surface area contributed by atoms with E-state index in [4.69, 9.17) is 4.74 Å². The molecule has 2 atom stereocenters. The lowest BCUT2D eigenvalue weighted by atomic mass is 9.74. The van der Waals surface area contributed by atoms with Gasteiger partial charge >= 0.3 is 0 Å². The molecule has 0 saturated heterocycles. The highest BCUT2D eigenvalue weighted by molar-refractivity contribution is 6.31. The summed E-state index contributed by atoms with van der Waals surface area (Å²) in [7, 11) is 1.36. The number of hydrogen-bond donors (Lipinski definition) is 3. The first-order chi connectivity index (χ1) is 13.3. The summed E-state index contributed by atoms with van der Waals surface area (Å²) >= 11 is 0. The summed E-state index contributed by atoms with van der Waals surface area (Å²) in [5.41, 5.74) is -0.469. The second kappa shape index (κ2) is 6.17. The van der Waals surface area contributed by atoms with Gasteiger partial charge in [0, 0.05) is 22.6 Å². The fourth-order valence-corrected chi connectivity index (χ4v) is 4.21. The third-order valence-electron chi connectivity index (χ3n) is 5.63. The molecule has 0 spiro atoms. The van der Waals surface area contributed by atoms with Crippen LogP contribution in [0.3, 0.4) is 0 Å². The molecule has 7 nitrogen and oxygen atoms in total. The summed E-state index contributed by atoms with van der Waals surface area (Å²) < 4.78 is 5.19. The lowest BCUT2D eigenvalue weighted by Gasteiger charge is -2.31. The van der Waals surface area contributed by atoms with E-state index in [2.05, 4.69) is 0 Å². The summed E-state index contributed by atoms with van der Waals surface area (Å²) in [6, 6.07) is 4.53. The number of hydrogen-bond acceptors (Lipinski definition) is 7. The van der Waals surface area contributed by atoms with Crippen LogP contribution in [-0.4, -0.2) is 39.8 Å². The molecule has 0 saturated carbocycles. The molecule has 3 N–H and O–H groups in total. The predicted molar refractivity (Wildman–Crippen MR) is 97.1 cm³/mol. The molecule has 0 bridgehead atoms. The fraction of sp³-hybridized carbons (Fsp3) is 0.286. The van der Waals surface area contributed by atoms with Crippen molar-refractivity contribution in [1.29, 1.82) is 0 Å². The molecule has 0 unspecified atom stereocenters. The molecule has 2 aliphatic rings. The molecule has 28 heavy (non-hydrogen) atoms. The maximum Gasteiger partial charge on any atom is 0.202 e. The number of fused-ring (bicyclic) bond motifs is 3. The summed E-state index contributed by atoms with van der Waals surface area (Å²) in [4.78, 5) is 38.0. The van der Waals surface area contributed by atoms with Crippen molar-refractivity contribution in [1.82, 2.24) is 0 Å². The zero-order chi connectivity index (χ0) is 20.3. The zero-order valence-electron chi connectivity index (χ0n) is 15.3. The van der Waals surface area contributed by atoms with Gasteiger partial charge in [0.2, 0.25) is 5.78 Å². The number of aromatic hydroxyl groups is 2. The molecule has 2 aromatic rings. The van der Waals surface area contributed by atoms with Crippen LogP contribution in [0.1, 0.15) is 62.4 Å². The van der Waals surface area contributed by atoms with E-state index in [1.165, 1.54) is 26.2 Å². The van der Waals surface area contributed by atoms with Crippen LogP contribution in [-0.2, 0) is 11.2 Å². The number of rotatable bonds is 2. The molecule has 0 fully saturated rings. The van der Waals surface area contributed by atoms with Crippen molar-refractivity contribution in [2.75, 3.05) is 7.11 Å². The highest BCUT2D eigenvalue weighted by Gasteiger charge is 2.42. The SMILES string of the molecule is COc1cccc2c1C(=O)c1c(O)c3c(c(O)c1C2=O)C[C@@H](C(C)=O)C[C@@H]3O. The fourth-order valence-electron chi connectivity index (χ4n) is 4.21. The van der Waals surface area contributed by atoms with Crippen molar-refractivity contribution in [3.8, 4) is 17.2 Å². The molecule has 2 aliphatic carbocycles. The molecule has 0 aliphatic heterocycles. The highest BCUT2D eigenvalue weighted by Crippen LogP contribution is 2.50. The van der Waals surface area contributed by atoms with Crippen LogP contribution in [0.2, 0.25) is 0 Å². The monoisotopic (exact) mass is 382 g/mol. The van der Waals surface area contributed by atoms with Gasteiger partial charge in [-0.3, -0.25) is 14.4 Å². The third kappa shape index (κ3) is 2.29. The van der Waals surface area contributed by atoms with Crippen molar-refractivity contribution in [2.24, 2.45) is 5.92 Å². The average Bonchev–Trinajstić information content (AvgIpc) is 2.67. The average molecular weight is 382 g/mol. The number of Topliss-reactive ketones (excluding diaryl/α,β-unsaturated/α-hetero) is 1. The van der Waals surface area contributed by atoms with Gasteiger partial charge in [0.15, 0.2) is 5.78 Å². The normalized spacial score (nSPS) is 20.2. The molecule has 144 valence electrons. The Bertz CT molecular complexity index is 1070. The third-order valence-corrected chi connectivity index (χ3v) is 5.63. The van der Waals surface area contributed by atoms with Crippen LogP contribution >= 0.6 is 0 Å². The van der Waals surface area contributed by atoms with Gasteiger partial charge in [-0.05, 0) is 25.8 Å². The molecule has 2 aromatic carbocycles. The largest absolute Gasteiger partial charge is 0.507 e. The Hall–Kier alpha value is -3.19. The number of aliphatic hydroxyl groups excluding tert-OH is 1. The van der Waals surface area contributed by atoms with Crippen LogP contribution in [0.25, 0.3) is 0 Å². The minimum Gasteiger partial charge on any atom is -0.507 e. The van der Waals surface area contributed by atoms with E-state index < -0.39 is 35.1 Å². The number of phenols is 2. The number of ketones is 3. The van der Waals surface area contributed by atoms with E-state index in [1.54, 1.807) is 6.07 Å². The number of carbonyl (C=O) groups is 3. The lowest BCUT2D eigenvalue weighted by Crippen LogP contribution is -2.28. The lowest BCUT2D eigenvalue weighted by molar-refractivity contribution is -0.122. The van der Waals surface area contributed by atoms with Gasteiger partial charge in [0.05, 0.1) is 29.9 Å². The van der Waals surface area contributed by atoms with Crippen molar-refractivity contribution in [3.05, 3.63) is 51.6 Å². The van der Waals surface area contributed by atoms with E-state index >= 15 is 0 Å². The Labute approximate surface area is 160 Å². The van der Waals surface area contributed by atoms with Crippen molar-refractivity contribution in [3.63, 3.8) is 0 Å². The smallest absolute Gasteiger partial charge is 0.202 e. The van der Waals surface area contributed by atoms with Gasteiger partial charge in [0.1, 0.15) is 23.0 Å². The Morgan fingerprint density at radius 3 is 2.39 bits per heavy atom. The first-order valence-electron chi connectivity index (χ1n) is 8.83. The number of benzene rings is 2.